The van der Waals surface area contributed by atoms with Crippen LogP contribution in [0.4, 0.5) is 5.69 Å². The molecule has 15 heavy (non-hydrogen) atoms. The van der Waals surface area contributed by atoms with Gasteiger partial charge in [0.1, 0.15) is 5.69 Å². The van der Waals surface area contributed by atoms with Gasteiger partial charge in [-0.25, -0.2) is 10.1 Å². The molecule has 0 radical (unpaired) electrons. The molecule has 2 rings (SSSR count). The van der Waals surface area contributed by atoms with Gasteiger partial charge in [-0.05, 0) is 12.1 Å². The van der Waals surface area contributed by atoms with Crippen molar-refractivity contribution < 1.29 is 14.6 Å². The number of hydrogen-bond donors (Lipinski definition) is 2. The summed E-state index contributed by atoms with van der Waals surface area (Å²) in [6.45, 7) is 0. The van der Waals surface area contributed by atoms with Gasteiger partial charge in [-0.1, -0.05) is 6.07 Å². The molecule has 7 nitrogen and oxygen atoms in total. The SMILES string of the molecule is O=C1NC(=O)c2c(N[N+](=O)[O-])cccc21. The molecule has 76 valence electrons. The largest absolute Gasteiger partial charge is 0.288 e. The van der Waals surface area contributed by atoms with Gasteiger partial charge in [-0.3, -0.25) is 14.9 Å². The first-order valence-electron chi connectivity index (χ1n) is 3.99. The molecule has 2 N–H and O–H groups in total. The minimum atomic E-state index is -0.786. The molecular weight excluding hydrogens is 202 g/mol. The molecule has 0 saturated heterocycles. The van der Waals surface area contributed by atoms with Gasteiger partial charge in [0.15, 0.2) is 5.03 Å². The number of rotatable bonds is 2. The minimum Gasteiger partial charge on any atom is -0.288 e. The molecule has 0 atom stereocenters. The minimum absolute atomic E-state index is 0.0131. The van der Waals surface area contributed by atoms with Crippen molar-refractivity contribution in [1.29, 1.82) is 0 Å². The van der Waals surface area contributed by atoms with Crippen LogP contribution in [0.3, 0.4) is 0 Å². The molecule has 0 spiro atoms. The van der Waals surface area contributed by atoms with Crippen LogP contribution in [0, 0.1) is 10.1 Å². The summed E-state index contributed by atoms with van der Waals surface area (Å²) in [4.78, 5) is 32.7. The summed E-state index contributed by atoms with van der Waals surface area (Å²) >= 11 is 0. The Bertz CT molecular complexity index is 483. The number of amides is 2. The maximum atomic E-state index is 11.3. The van der Waals surface area contributed by atoms with Crippen molar-refractivity contribution in [2.45, 2.75) is 0 Å². The highest BCUT2D eigenvalue weighted by Gasteiger charge is 2.30. The first-order valence-corrected chi connectivity index (χ1v) is 3.99. The predicted molar refractivity (Wildman–Crippen MR) is 48.9 cm³/mol. The summed E-state index contributed by atoms with van der Waals surface area (Å²) in [6, 6.07) is 4.25. The van der Waals surface area contributed by atoms with Gasteiger partial charge in [-0.2, -0.15) is 0 Å². The highest BCUT2D eigenvalue weighted by atomic mass is 16.7. The molecule has 1 aromatic rings. The van der Waals surface area contributed by atoms with Crippen LogP contribution >= 0.6 is 0 Å². The van der Waals surface area contributed by atoms with Crippen LogP contribution < -0.4 is 10.7 Å². The normalized spacial score (nSPS) is 13.3. The topological polar surface area (TPSA) is 101 Å². The number of nitrogens with one attached hydrogen (secondary N) is 2. The second kappa shape index (κ2) is 3.05. The second-order valence-electron chi connectivity index (χ2n) is 2.88. The maximum absolute atomic E-state index is 11.3. The number of benzene rings is 1. The molecule has 0 aromatic heterocycles. The Balaban J connectivity index is 2.55. The fraction of sp³-hybridized carbons (Fsp3) is 0. The third-order valence-electron chi connectivity index (χ3n) is 1.97. The van der Waals surface area contributed by atoms with Crippen LogP contribution in [-0.4, -0.2) is 16.8 Å². The van der Waals surface area contributed by atoms with Gasteiger partial charge in [0.25, 0.3) is 11.8 Å². The van der Waals surface area contributed by atoms with E-state index >= 15 is 0 Å². The monoisotopic (exact) mass is 207 g/mol. The van der Waals surface area contributed by atoms with E-state index < -0.39 is 16.8 Å². The van der Waals surface area contributed by atoms with Crippen LogP contribution in [-0.2, 0) is 0 Å². The Morgan fingerprint density at radius 3 is 2.67 bits per heavy atom. The van der Waals surface area contributed by atoms with E-state index in [1.807, 2.05) is 5.43 Å². The summed E-state index contributed by atoms with van der Waals surface area (Å²) in [7, 11) is 0. The molecule has 1 heterocycles. The van der Waals surface area contributed by atoms with Crippen molar-refractivity contribution in [1.82, 2.24) is 5.32 Å². The molecule has 1 aliphatic rings. The van der Waals surface area contributed by atoms with Crippen molar-refractivity contribution in [3.8, 4) is 0 Å². The molecule has 0 fully saturated rings. The number of fused-ring (bicyclic) bond motifs is 1. The Labute approximate surface area is 83.2 Å². The first kappa shape index (κ1) is 9.13. The summed E-state index contributed by atoms with van der Waals surface area (Å²) < 4.78 is 0. The van der Waals surface area contributed by atoms with Crippen LogP contribution in [0.2, 0.25) is 0 Å². The summed E-state index contributed by atoms with van der Waals surface area (Å²) in [5.74, 6) is -1.16. The van der Waals surface area contributed by atoms with Crippen LogP contribution in [0.1, 0.15) is 20.7 Å². The molecule has 0 bridgehead atoms. The molecule has 7 heteroatoms. The van der Waals surface area contributed by atoms with Crippen LogP contribution in [0.15, 0.2) is 18.2 Å². The number of imide groups is 1. The van der Waals surface area contributed by atoms with Crippen molar-refractivity contribution >= 4 is 17.5 Å². The van der Waals surface area contributed by atoms with Crippen LogP contribution in [0.25, 0.3) is 0 Å². The number of hydrogen-bond acceptors (Lipinski definition) is 4. The van der Waals surface area contributed by atoms with E-state index in [2.05, 4.69) is 5.32 Å². The first-order chi connectivity index (χ1) is 7.09. The van der Waals surface area contributed by atoms with E-state index in [0.717, 1.165) is 0 Å². The van der Waals surface area contributed by atoms with E-state index in [1.54, 1.807) is 0 Å². The lowest BCUT2D eigenvalue weighted by Gasteiger charge is -2.00. The smallest absolute Gasteiger partial charge is 0.261 e. The third-order valence-corrected chi connectivity index (χ3v) is 1.97. The van der Waals surface area contributed by atoms with E-state index in [-0.39, 0.29) is 16.8 Å². The zero-order valence-corrected chi connectivity index (χ0v) is 7.31. The lowest BCUT2D eigenvalue weighted by atomic mass is 10.1. The van der Waals surface area contributed by atoms with Gasteiger partial charge >= 0.3 is 0 Å². The van der Waals surface area contributed by atoms with Gasteiger partial charge < -0.3 is 0 Å². The zero-order valence-electron chi connectivity index (χ0n) is 7.31. The lowest BCUT2D eigenvalue weighted by molar-refractivity contribution is -0.445. The van der Waals surface area contributed by atoms with Crippen molar-refractivity contribution in [3.05, 3.63) is 39.4 Å². The van der Waals surface area contributed by atoms with Gasteiger partial charge in [0, 0.05) is 0 Å². The van der Waals surface area contributed by atoms with Crippen molar-refractivity contribution in [2.24, 2.45) is 0 Å². The predicted octanol–water partition coefficient (Wildman–Crippen LogP) is 0.174. The fourth-order valence-corrected chi connectivity index (χ4v) is 1.41. The number of hydrazine groups is 1. The Morgan fingerprint density at radius 2 is 2.00 bits per heavy atom. The fourth-order valence-electron chi connectivity index (χ4n) is 1.41. The molecule has 1 aliphatic heterocycles. The molecule has 2 amide bonds. The molecular formula is C8H5N3O4. The number of carbonyl (C=O) groups excluding carboxylic acids is 2. The third kappa shape index (κ3) is 1.39. The van der Waals surface area contributed by atoms with Crippen LogP contribution in [0.5, 0.6) is 0 Å². The van der Waals surface area contributed by atoms with E-state index in [9.17, 15) is 19.7 Å². The quantitative estimate of drug-likeness (QED) is 0.409. The van der Waals surface area contributed by atoms with Gasteiger partial charge in [-0.15, -0.1) is 5.43 Å². The maximum Gasteiger partial charge on any atom is 0.261 e. The Kier molecular flexibility index (Phi) is 1.86. The average molecular weight is 207 g/mol. The Morgan fingerprint density at radius 1 is 1.27 bits per heavy atom. The van der Waals surface area contributed by atoms with Gasteiger partial charge in [0.2, 0.25) is 0 Å². The molecule has 0 aliphatic carbocycles. The standard InChI is InChI=1S/C8H5N3O4/c12-7-4-2-1-3-5(10-11(14)15)6(4)8(13)9-7/h1-3,10H,(H,9,12,13). The molecule has 0 unspecified atom stereocenters. The number of nitro groups is 1. The lowest BCUT2D eigenvalue weighted by Crippen LogP contribution is -2.20. The molecule has 1 aromatic carbocycles. The average Bonchev–Trinajstić information content (AvgIpc) is 2.43. The molecule has 0 saturated carbocycles. The Hall–Kier alpha value is -2.44. The summed E-state index contributed by atoms with van der Waals surface area (Å²) in [5, 5.41) is 11.5. The van der Waals surface area contributed by atoms with Crippen molar-refractivity contribution in [2.75, 3.05) is 5.43 Å². The van der Waals surface area contributed by atoms with E-state index in [1.165, 1.54) is 18.2 Å². The zero-order chi connectivity index (χ0) is 11.0. The second-order valence-corrected chi connectivity index (χ2v) is 2.88. The highest BCUT2D eigenvalue weighted by Crippen LogP contribution is 2.23. The number of carbonyl (C=O) groups is 2. The number of nitrogens with zero attached hydrogens (tertiary/aromatic N) is 1. The highest BCUT2D eigenvalue weighted by molar-refractivity contribution is 6.23. The van der Waals surface area contributed by atoms with E-state index in [4.69, 9.17) is 0 Å². The summed E-state index contributed by atoms with van der Waals surface area (Å²) in [6.07, 6.45) is 0. The van der Waals surface area contributed by atoms with Crippen molar-refractivity contribution in [3.63, 3.8) is 0 Å². The summed E-state index contributed by atoms with van der Waals surface area (Å²) in [5.41, 5.74) is 2.04. The number of anilines is 1. The van der Waals surface area contributed by atoms with Gasteiger partial charge in [0.05, 0.1) is 11.1 Å². The van der Waals surface area contributed by atoms with E-state index in [0.29, 0.717) is 0 Å².